The van der Waals surface area contributed by atoms with E-state index in [2.05, 4.69) is 4.72 Å². The van der Waals surface area contributed by atoms with Gasteiger partial charge < -0.3 is 0 Å². The van der Waals surface area contributed by atoms with Gasteiger partial charge in [0.15, 0.2) is 9.84 Å². The Morgan fingerprint density at radius 1 is 1.05 bits per heavy atom. The molecular formula is C14H13NO4S2. The Morgan fingerprint density at radius 3 is 2.43 bits per heavy atom. The van der Waals surface area contributed by atoms with E-state index in [1.807, 2.05) is 24.3 Å². The Morgan fingerprint density at radius 2 is 1.76 bits per heavy atom. The standard InChI is InChI=1S/C14H13NO4S2/c16-20(17)8-7-13(10-20)15-21(18,19)14-6-5-11-3-1-2-4-12(11)9-14/h1-9,13,15H,10H2/t13-/m0/s1. The fraction of sp³-hybridized carbons (Fsp3) is 0.143. The van der Waals surface area contributed by atoms with Crippen molar-refractivity contribution < 1.29 is 16.8 Å². The van der Waals surface area contributed by atoms with E-state index in [4.69, 9.17) is 0 Å². The van der Waals surface area contributed by atoms with Gasteiger partial charge in [-0.3, -0.25) is 0 Å². The van der Waals surface area contributed by atoms with Crippen LogP contribution in [0.1, 0.15) is 0 Å². The third-order valence-corrected chi connectivity index (χ3v) is 6.15. The maximum absolute atomic E-state index is 12.3. The first-order chi connectivity index (χ1) is 9.86. The summed E-state index contributed by atoms with van der Waals surface area (Å²) in [5.74, 6) is -0.236. The third kappa shape index (κ3) is 2.99. The van der Waals surface area contributed by atoms with Crippen LogP contribution >= 0.6 is 0 Å². The molecule has 1 N–H and O–H groups in total. The summed E-state index contributed by atoms with van der Waals surface area (Å²) in [7, 11) is -7.04. The maximum atomic E-state index is 12.3. The van der Waals surface area contributed by atoms with E-state index in [-0.39, 0.29) is 10.6 Å². The lowest BCUT2D eigenvalue weighted by molar-refractivity contribution is 0.575. The van der Waals surface area contributed by atoms with Crippen molar-refractivity contribution in [2.75, 3.05) is 5.75 Å². The van der Waals surface area contributed by atoms with Crippen molar-refractivity contribution in [1.29, 1.82) is 0 Å². The third-order valence-electron chi connectivity index (χ3n) is 3.27. The average molecular weight is 323 g/mol. The number of nitrogens with one attached hydrogen (secondary N) is 1. The largest absolute Gasteiger partial charge is 0.241 e. The predicted octanol–water partition coefficient (Wildman–Crippen LogP) is 1.43. The zero-order valence-corrected chi connectivity index (χ0v) is 12.6. The van der Waals surface area contributed by atoms with Crippen LogP contribution in [0.4, 0.5) is 0 Å². The highest BCUT2D eigenvalue weighted by molar-refractivity contribution is 7.94. The van der Waals surface area contributed by atoms with E-state index in [1.165, 1.54) is 12.1 Å². The van der Waals surface area contributed by atoms with Crippen LogP contribution in [0.5, 0.6) is 0 Å². The molecule has 0 bridgehead atoms. The van der Waals surface area contributed by atoms with Crippen molar-refractivity contribution in [3.05, 3.63) is 53.9 Å². The van der Waals surface area contributed by atoms with Gasteiger partial charge in [-0.05, 0) is 22.9 Å². The topological polar surface area (TPSA) is 80.3 Å². The molecule has 0 unspecified atom stereocenters. The molecule has 2 aromatic carbocycles. The summed E-state index contributed by atoms with van der Waals surface area (Å²) in [6.45, 7) is 0. The summed E-state index contributed by atoms with van der Waals surface area (Å²) < 4.78 is 49.6. The molecular weight excluding hydrogens is 310 g/mol. The lowest BCUT2D eigenvalue weighted by Crippen LogP contribution is -2.35. The van der Waals surface area contributed by atoms with Crippen molar-refractivity contribution in [1.82, 2.24) is 4.72 Å². The van der Waals surface area contributed by atoms with E-state index in [0.717, 1.165) is 16.2 Å². The normalized spacial score (nSPS) is 20.9. The van der Waals surface area contributed by atoms with E-state index in [1.54, 1.807) is 12.1 Å². The van der Waals surface area contributed by atoms with Gasteiger partial charge in [-0.1, -0.05) is 36.4 Å². The summed E-state index contributed by atoms with van der Waals surface area (Å²) in [6.07, 6.45) is 1.36. The highest BCUT2D eigenvalue weighted by Crippen LogP contribution is 2.20. The fourth-order valence-corrected chi connectivity index (χ4v) is 4.82. The average Bonchev–Trinajstić information content (AvgIpc) is 2.76. The molecule has 21 heavy (non-hydrogen) atoms. The van der Waals surface area contributed by atoms with E-state index >= 15 is 0 Å². The molecule has 1 aliphatic rings. The van der Waals surface area contributed by atoms with Gasteiger partial charge in [-0.25, -0.2) is 21.6 Å². The minimum absolute atomic E-state index is 0.124. The monoisotopic (exact) mass is 323 g/mol. The number of hydrogen-bond acceptors (Lipinski definition) is 4. The molecule has 0 radical (unpaired) electrons. The van der Waals surface area contributed by atoms with Gasteiger partial charge in [0.25, 0.3) is 0 Å². The summed E-state index contributed by atoms with van der Waals surface area (Å²) in [6, 6.07) is 11.5. The Balaban J connectivity index is 1.92. The molecule has 1 aliphatic heterocycles. The molecule has 0 spiro atoms. The van der Waals surface area contributed by atoms with Gasteiger partial charge in [-0.15, -0.1) is 0 Å². The highest BCUT2D eigenvalue weighted by Gasteiger charge is 2.26. The van der Waals surface area contributed by atoms with Crippen LogP contribution in [0, 0.1) is 0 Å². The molecule has 7 heteroatoms. The minimum atomic E-state index is -3.75. The van der Waals surface area contributed by atoms with Crippen LogP contribution in [0.3, 0.4) is 0 Å². The highest BCUT2D eigenvalue weighted by atomic mass is 32.2. The Bertz CT molecular complexity index is 930. The molecule has 5 nitrogen and oxygen atoms in total. The first-order valence-electron chi connectivity index (χ1n) is 6.28. The second-order valence-electron chi connectivity index (χ2n) is 4.89. The number of rotatable bonds is 3. The smallest absolute Gasteiger partial charge is 0.224 e. The molecule has 0 aliphatic carbocycles. The number of hydrogen-bond donors (Lipinski definition) is 1. The van der Waals surface area contributed by atoms with Crippen LogP contribution in [0.2, 0.25) is 0 Å². The fourth-order valence-electron chi connectivity index (χ4n) is 2.25. The quantitative estimate of drug-likeness (QED) is 0.926. The van der Waals surface area contributed by atoms with E-state index < -0.39 is 25.9 Å². The second kappa shape index (κ2) is 4.94. The van der Waals surface area contributed by atoms with E-state index in [0.29, 0.717) is 0 Å². The molecule has 3 rings (SSSR count). The van der Waals surface area contributed by atoms with Gasteiger partial charge in [0.1, 0.15) is 0 Å². The van der Waals surface area contributed by atoms with Crippen LogP contribution in [-0.4, -0.2) is 28.6 Å². The molecule has 1 atom stereocenters. The van der Waals surface area contributed by atoms with Gasteiger partial charge >= 0.3 is 0 Å². The van der Waals surface area contributed by atoms with Gasteiger partial charge in [0.05, 0.1) is 16.7 Å². The van der Waals surface area contributed by atoms with Gasteiger partial charge in [-0.2, -0.15) is 0 Å². The SMILES string of the molecule is O=S1(=O)C=C[C@H](NS(=O)(=O)c2ccc3ccccc3c2)C1. The van der Waals surface area contributed by atoms with Crippen molar-refractivity contribution >= 4 is 30.6 Å². The van der Waals surface area contributed by atoms with Crippen molar-refractivity contribution in [3.8, 4) is 0 Å². The molecule has 0 amide bonds. The zero-order chi connectivity index (χ0) is 15.1. The van der Waals surface area contributed by atoms with Crippen LogP contribution in [-0.2, 0) is 19.9 Å². The summed E-state index contributed by atoms with van der Waals surface area (Å²) >= 11 is 0. The number of fused-ring (bicyclic) bond motifs is 1. The lowest BCUT2D eigenvalue weighted by Gasteiger charge is -2.11. The van der Waals surface area contributed by atoms with Crippen molar-refractivity contribution in [2.24, 2.45) is 0 Å². The van der Waals surface area contributed by atoms with Crippen LogP contribution < -0.4 is 4.72 Å². The zero-order valence-electron chi connectivity index (χ0n) is 10.9. The summed E-state index contributed by atoms with van der Waals surface area (Å²) in [4.78, 5) is 0.124. The Kier molecular flexibility index (Phi) is 3.35. The second-order valence-corrected chi connectivity index (χ2v) is 8.54. The van der Waals surface area contributed by atoms with Crippen LogP contribution in [0.15, 0.2) is 58.8 Å². The van der Waals surface area contributed by atoms with E-state index in [9.17, 15) is 16.8 Å². The molecule has 1 heterocycles. The van der Waals surface area contributed by atoms with Gasteiger partial charge in [0, 0.05) is 5.41 Å². The Labute approximate surface area is 123 Å². The minimum Gasteiger partial charge on any atom is -0.224 e. The summed E-state index contributed by atoms with van der Waals surface area (Å²) in [5, 5.41) is 2.80. The summed E-state index contributed by atoms with van der Waals surface area (Å²) in [5.41, 5.74) is 0. The van der Waals surface area contributed by atoms with Crippen molar-refractivity contribution in [3.63, 3.8) is 0 Å². The predicted molar refractivity (Wildman–Crippen MR) is 81.0 cm³/mol. The van der Waals surface area contributed by atoms with Crippen LogP contribution in [0.25, 0.3) is 10.8 Å². The molecule has 2 aromatic rings. The lowest BCUT2D eigenvalue weighted by atomic mass is 10.1. The number of benzene rings is 2. The Hall–Kier alpha value is -1.70. The first kappa shape index (κ1) is 14.2. The molecule has 110 valence electrons. The first-order valence-corrected chi connectivity index (χ1v) is 9.48. The molecule has 0 saturated carbocycles. The number of sulfone groups is 1. The molecule has 0 aromatic heterocycles. The van der Waals surface area contributed by atoms with Crippen molar-refractivity contribution in [2.45, 2.75) is 10.9 Å². The van der Waals surface area contributed by atoms with Gasteiger partial charge in [0.2, 0.25) is 10.0 Å². The number of sulfonamides is 1. The molecule has 0 fully saturated rings. The maximum Gasteiger partial charge on any atom is 0.241 e. The molecule has 0 saturated heterocycles.